The number of hydrogen-bond acceptors (Lipinski definition) is 7. The molecule has 0 unspecified atom stereocenters. The molecule has 0 fully saturated rings. The van der Waals surface area contributed by atoms with Gasteiger partial charge in [0.2, 0.25) is 16.8 Å². The molecule has 4 rings (SSSR count). The maximum Gasteiger partial charge on any atom is 0.263 e. The summed E-state index contributed by atoms with van der Waals surface area (Å²) < 4.78 is 43.2. The summed E-state index contributed by atoms with van der Waals surface area (Å²) in [5.74, 6) is 1.76. The topological polar surface area (TPSA) is 107 Å². The van der Waals surface area contributed by atoms with E-state index in [4.69, 9.17) is 14.2 Å². The van der Waals surface area contributed by atoms with E-state index in [1.165, 1.54) is 13.1 Å². The zero-order valence-electron chi connectivity index (χ0n) is 18.8. The Morgan fingerprint density at radius 2 is 1.71 bits per heavy atom. The molecule has 35 heavy (non-hydrogen) atoms. The first-order valence-electron chi connectivity index (χ1n) is 10.5. The third kappa shape index (κ3) is 5.92. The molecule has 0 aliphatic carbocycles. The number of anilines is 1. The van der Waals surface area contributed by atoms with Gasteiger partial charge in [-0.2, -0.15) is 5.10 Å². The maximum absolute atomic E-state index is 12.8. The Morgan fingerprint density at radius 1 is 1.09 bits per heavy atom. The minimum atomic E-state index is -3.78. The number of nitrogens with zero attached hydrogens (tertiary/aromatic N) is 2. The number of halogens is 1. The van der Waals surface area contributed by atoms with E-state index < -0.39 is 22.0 Å². The van der Waals surface area contributed by atoms with Crippen molar-refractivity contribution in [2.24, 2.45) is 5.10 Å². The maximum atomic E-state index is 12.8. The number of carbonyl (C=O) groups excluding carboxylic acids is 1. The van der Waals surface area contributed by atoms with E-state index >= 15 is 0 Å². The van der Waals surface area contributed by atoms with Crippen LogP contribution in [0.15, 0.2) is 76.3 Å². The van der Waals surface area contributed by atoms with Gasteiger partial charge in [0.15, 0.2) is 11.5 Å². The molecule has 9 nitrogen and oxygen atoms in total. The van der Waals surface area contributed by atoms with Crippen LogP contribution in [0, 0.1) is 0 Å². The van der Waals surface area contributed by atoms with Gasteiger partial charge in [-0.15, -0.1) is 0 Å². The van der Waals surface area contributed by atoms with Gasteiger partial charge in [0.25, 0.3) is 5.91 Å². The number of amides is 1. The standard InChI is InChI=1S/C24H22BrN3O6S/c1-16(24(29)27-26-14-17-12-22-23(13-21(17)25)33-15-32-22)28(35(2,30)31)18-8-10-20(11-9-18)34-19-6-4-3-5-7-19/h3-14,16H,15H2,1-2H3,(H,27,29)/b26-14-/t16-/m0/s1. The van der Waals surface area contributed by atoms with E-state index in [2.05, 4.69) is 26.5 Å². The normalized spacial score (nSPS) is 13.5. The van der Waals surface area contributed by atoms with E-state index in [0.29, 0.717) is 38.7 Å². The number of hydrazone groups is 1. The molecule has 182 valence electrons. The first kappa shape index (κ1) is 24.6. The summed E-state index contributed by atoms with van der Waals surface area (Å²) in [6.07, 6.45) is 2.47. The Balaban J connectivity index is 1.46. The predicted molar refractivity (Wildman–Crippen MR) is 136 cm³/mol. The van der Waals surface area contributed by atoms with Crippen LogP contribution in [0.2, 0.25) is 0 Å². The average molecular weight is 560 g/mol. The van der Waals surface area contributed by atoms with Gasteiger partial charge in [0, 0.05) is 10.0 Å². The van der Waals surface area contributed by atoms with Crippen molar-refractivity contribution in [1.82, 2.24) is 5.43 Å². The third-order valence-electron chi connectivity index (χ3n) is 5.03. The van der Waals surface area contributed by atoms with Crippen LogP contribution >= 0.6 is 15.9 Å². The van der Waals surface area contributed by atoms with Crippen molar-refractivity contribution < 1.29 is 27.4 Å². The molecule has 0 saturated carbocycles. The molecular weight excluding hydrogens is 538 g/mol. The number of nitrogens with one attached hydrogen (secondary N) is 1. The van der Waals surface area contributed by atoms with Crippen molar-refractivity contribution in [2.45, 2.75) is 13.0 Å². The molecule has 1 amide bonds. The SMILES string of the molecule is C[C@@H](C(=O)N/N=C\c1cc2c(cc1Br)OCO2)N(c1ccc(Oc2ccccc2)cc1)S(C)(=O)=O. The lowest BCUT2D eigenvalue weighted by Gasteiger charge is -2.27. The number of carbonyl (C=O) groups is 1. The minimum Gasteiger partial charge on any atom is -0.457 e. The van der Waals surface area contributed by atoms with Crippen molar-refractivity contribution in [1.29, 1.82) is 0 Å². The molecule has 0 spiro atoms. The zero-order valence-corrected chi connectivity index (χ0v) is 21.2. The molecule has 3 aromatic rings. The lowest BCUT2D eigenvalue weighted by atomic mass is 10.2. The van der Waals surface area contributed by atoms with Gasteiger partial charge >= 0.3 is 0 Å². The lowest BCUT2D eigenvalue weighted by Crippen LogP contribution is -2.46. The van der Waals surface area contributed by atoms with Crippen LogP contribution in [0.1, 0.15) is 12.5 Å². The number of para-hydroxylation sites is 1. The first-order valence-corrected chi connectivity index (χ1v) is 13.1. The molecule has 1 atom stereocenters. The second kappa shape index (κ2) is 10.4. The van der Waals surface area contributed by atoms with E-state index in [0.717, 1.165) is 10.6 Å². The van der Waals surface area contributed by atoms with Crippen LogP contribution < -0.4 is 23.9 Å². The number of benzene rings is 3. The number of rotatable bonds is 8. The van der Waals surface area contributed by atoms with Crippen LogP contribution in [0.3, 0.4) is 0 Å². The van der Waals surface area contributed by atoms with Crippen molar-refractivity contribution in [2.75, 3.05) is 17.4 Å². The molecule has 11 heteroatoms. The number of ether oxygens (including phenoxy) is 3. The van der Waals surface area contributed by atoms with Gasteiger partial charge in [-0.1, -0.05) is 18.2 Å². The Hall–Kier alpha value is -3.57. The van der Waals surface area contributed by atoms with Crippen LogP contribution in [0.5, 0.6) is 23.0 Å². The van der Waals surface area contributed by atoms with Crippen LogP contribution in [0.25, 0.3) is 0 Å². The number of sulfonamides is 1. The molecule has 0 aromatic heterocycles. The summed E-state index contributed by atoms with van der Waals surface area (Å²) in [5, 5.41) is 3.98. The highest BCUT2D eigenvalue weighted by atomic mass is 79.9. The van der Waals surface area contributed by atoms with Crippen LogP contribution in [-0.2, 0) is 14.8 Å². The smallest absolute Gasteiger partial charge is 0.263 e. The Morgan fingerprint density at radius 3 is 2.37 bits per heavy atom. The highest BCUT2D eigenvalue weighted by molar-refractivity contribution is 9.10. The number of fused-ring (bicyclic) bond motifs is 1. The fourth-order valence-electron chi connectivity index (χ4n) is 3.39. The Labute approximate surface area is 211 Å². The highest BCUT2D eigenvalue weighted by Gasteiger charge is 2.29. The summed E-state index contributed by atoms with van der Waals surface area (Å²) in [7, 11) is -3.78. The monoisotopic (exact) mass is 559 g/mol. The zero-order chi connectivity index (χ0) is 25.0. The molecule has 3 aromatic carbocycles. The Kier molecular flexibility index (Phi) is 7.27. The van der Waals surface area contributed by atoms with Crippen molar-refractivity contribution in [3.8, 4) is 23.0 Å². The summed E-state index contributed by atoms with van der Waals surface area (Å²) in [6, 6.07) is 18.0. The van der Waals surface area contributed by atoms with E-state index in [-0.39, 0.29) is 6.79 Å². The van der Waals surface area contributed by atoms with Crippen molar-refractivity contribution >= 4 is 43.8 Å². The first-order chi connectivity index (χ1) is 16.7. The quantitative estimate of drug-likeness (QED) is 0.326. The van der Waals surface area contributed by atoms with Gasteiger partial charge < -0.3 is 14.2 Å². The van der Waals surface area contributed by atoms with E-state index in [9.17, 15) is 13.2 Å². The fraction of sp³-hybridized carbons (Fsp3) is 0.167. The second-order valence-electron chi connectivity index (χ2n) is 7.61. The van der Waals surface area contributed by atoms with Gasteiger partial charge in [-0.3, -0.25) is 9.10 Å². The summed E-state index contributed by atoms with van der Waals surface area (Å²) >= 11 is 3.42. The molecular formula is C24H22BrN3O6S. The average Bonchev–Trinajstić information content (AvgIpc) is 3.27. The summed E-state index contributed by atoms with van der Waals surface area (Å²) in [5.41, 5.74) is 3.37. The fourth-order valence-corrected chi connectivity index (χ4v) is 4.98. The van der Waals surface area contributed by atoms with E-state index in [1.54, 1.807) is 36.4 Å². The summed E-state index contributed by atoms with van der Waals surface area (Å²) in [6.45, 7) is 1.62. The third-order valence-corrected chi connectivity index (χ3v) is 6.96. The molecule has 0 bridgehead atoms. The molecule has 1 aliphatic rings. The molecule has 1 heterocycles. The predicted octanol–water partition coefficient (Wildman–Crippen LogP) is 4.27. The molecule has 0 radical (unpaired) electrons. The molecule has 0 saturated heterocycles. The van der Waals surface area contributed by atoms with Gasteiger partial charge in [-0.25, -0.2) is 13.8 Å². The largest absolute Gasteiger partial charge is 0.457 e. The number of hydrogen-bond donors (Lipinski definition) is 1. The highest BCUT2D eigenvalue weighted by Crippen LogP contribution is 2.36. The minimum absolute atomic E-state index is 0.136. The van der Waals surface area contributed by atoms with Crippen molar-refractivity contribution in [3.63, 3.8) is 0 Å². The Bertz CT molecular complexity index is 1350. The van der Waals surface area contributed by atoms with E-state index in [1.807, 2.05) is 30.3 Å². The van der Waals surface area contributed by atoms with Crippen LogP contribution in [0.4, 0.5) is 5.69 Å². The summed E-state index contributed by atoms with van der Waals surface area (Å²) in [4.78, 5) is 12.8. The lowest BCUT2D eigenvalue weighted by molar-refractivity contribution is -0.121. The van der Waals surface area contributed by atoms with Gasteiger partial charge in [0.05, 0.1) is 18.2 Å². The van der Waals surface area contributed by atoms with Gasteiger partial charge in [0.1, 0.15) is 17.5 Å². The molecule has 1 N–H and O–H groups in total. The van der Waals surface area contributed by atoms with Crippen LogP contribution in [-0.4, -0.2) is 39.6 Å². The second-order valence-corrected chi connectivity index (χ2v) is 10.3. The molecule has 1 aliphatic heterocycles. The van der Waals surface area contributed by atoms with Crippen molar-refractivity contribution in [3.05, 3.63) is 76.8 Å². The van der Waals surface area contributed by atoms with Gasteiger partial charge in [-0.05, 0) is 71.4 Å².